The number of carbonyl (C=O) groups is 1. The lowest BCUT2D eigenvalue weighted by Crippen LogP contribution is -2.16. The Hall–Kier alpha value is -2.29. The van der Waals surface area contributed by atoms with E-state index in [0.717, 1.165) is 29.5 Å². The molecule has 0 amide bonds. The molecule has 0 N–H and O–H groups in total. The summed E-state index contributed by atoms with van der Waals surface area (Å²) in [6.45, 7) is 4.61. The van der Waals surface area contributed by atoms with Crippen LogP contribution >= 0.6 is 0 Å². The second kappa shape index (κ2) is 5.60. The SMILES string of the molecule is Cc1cccc(OC(=O)c2cccc3c2OCCC3)c1C. The fraction of sp³-hybridized carbons (Fsp3) is 0.278. The maximum Gasteiger partial charge on any atom is 0.347 e. The highest BCUT2D eigenvalue weighted by molar-refractivity contribution is 5.94. The van der Waals surface area contributed by atoms with Crippen molar-refractivity contribution in [2.75, 3.05) is 6.61 Å². The van der Waals surface area contributed by atoms with Gasteiger partial charge in [0.25, 0.3) is 0 Å². The summed E-state index contributed by atoms with van der Waals surface area (Å²) in [5, 5.41) is 0. The average molecular weight is 282 g/mol. The molecule has 0 unspecified atom stereocenters. The van der Waals surface area contributed by atoms with Gasteiger partial charge in [0.2, 0.25) is 0 Å². The Morgan fingerprint density at radius 1 is 1.14 bits per heavy atom. The molecular weight excluding hydrogens is 264 g/mol. The first kappa shape index (κ1) is 13.7. The minimum absolute atomic E-state index is 0.359. The first-order valence-electron chi connectivity index (χ1n) is 7.20. The van der Waals surface area contributed by atoms with Crippen molar-refractivity contribution in [3.63, 3.8) is 0 Å². The summed E-state index contributed by atoms with van der Waals surface area (Å²) >= 11 is 0. The standard InChI is InChI=1S/C18H18O3/c1-12-6-3-10-16(13(12)2)21-18(19)15-9-4-7-14-8-5-11-20-17(14)15/h3-4,6-7,9-10H,5,8,11H2,1-2H3. The van der Waals surface area contributed by atoms with Gasteiger partial charge < -0.3 is 9.47 Å². The number of para-hydroxylation sites is 1. The lowest BCUT2D eigenvalue weighted by Gasteiger charge is -2.19. The molecule has 2 aromatic rings. The normalized spacial score (nSPS) is 13.2. The molecule has 3 rings (SSSR count). The smallest absolute Gasteiger partial charge is 0.347 e. The molecule has 0 saturated heterocycles. The quantitative estimate of drug-likeness (QED) is 0.620. The first-order valence-corrected chi connectivity index (χ1v) is 7.20. The zero-order valence-corrected chi connectivity index (χ0v) is 12.3. The van der Waals surface area contributed by atoms with Crippen LogP contribution in [0.1, 0.15) is 33.5 Å². The maximum absolute atomic E-state index is 12.4. The van der Waals surface area contributed by atoms with E-state index in [-0.39, 0.29) is 5.97 Å². The molecule has 2 aromatic carbocycles. The average Bonchev–Trinajstić information content (AvgIpc) is 2.51. The number of carbonyl (C=O) groups excluding carboxylic acids is 1. The third kappa shape index (κ3) is 2.64. The third-order valence-corrected chi connectivity index (χ3v) is 3.91. The Balaban J connectivity index is 1.91. The first-order chi connectivity index (χ1) is 10.2. The van der Waals surface area contributed by atoms with Crippen LogP contribution in [0.15, 0.2) is 36.4 Å². The Labute approximate surface area is 124 Å². The topological polar surface area (TPSA) is 35.5 Å². The Kier molecular flexibility index (Phi) is 3.65. The van der Waals surface area contributed by atoms with Crippen molar-refractivity contribution >= 4 is 5.97 Å². The van der Waals surface area contributed by atoms with Gasteiger partial charge in [-0.15, -0.1) is 0 Å². The van der Waals surface area contributed by atoms with Crippen molar-refractivity contribution in [1.29, 1.82) is 0 Å². The lowest BCUT2D eigenvalue weighted by molar-refractivity contribution is 0.0728. The monoisotopic (exact) mass is 282 g/mol. The van der Waals surface area contributed by atoms with E-state index in [9.17, 15) is 4.79 Å². The number of hydrogen-bond donors (Lipinski definition) is 0. The highest BCUT2D eigenvalue weighted by Gasteiger charge is 2.21. The van der Waals surface area contributed by atoms with Crippen LogP contribution in [0.2, 0.25) is 0 Å². The van der Waals surface area contributed by atoms with E-state index in [0.29, 0.717) is 23.7 Å². The van der Waals surface area contributed by atoms with E-state index in [2.05, 4.69) is 0 Å². The summed E-state index contributed by atoms with van der Waals surface area (Å²) in [7, 11) is 0. The van der Waals surface area contributed by atoms with Crippen molar-refractivity contribution < 1.29 is 14.3 Å². The van der Waals surface area contributed by atoms with Gasteiger partial charge in [-0.1, -0.05) is 24.3 Å². The van der Waals surface area contributed by atoms with E-state index in [1.165, 1.54) is 0 Å². The highest BCUT2D eigenvalue weighted by Crippen LogP contribution is 2.30. The zero-order valence-electron chi connectivity index (χ0n) is 12.3. The largest absolute Gasteiger partial charge is 0.492 e. The second-order valence-corrected chi connectivity index (χ2v) is 5.33. The Morgan fingerprint density at radius 3 is 2.81 bits per heavy atom. The number of aryl methyl sites for hydroxylation is 2. The molecule has 21 heavy (non-hydrogen) atoms. The fourth-order valence-corrected chi connectivity index (χ4v) is 2.54. The van der Waals surface area contributed by atoms with Gasteiger partial charge >= 0.3 is 5.97 Å². The van der Waals surface area contributed by atoms with Crippen molar-refractivity contribution in [3.8, 4) is 11.5 Å². The molecule has 1 heterocycles. The zero-order chi connectivity index (χ0) is 14.8. The molecule has 0 fully saturated rings. The van der Waals surface area contributed by atoms with Gasteiger partial charge in [-0.2, -0.15) is 0 Å². The van der Waals surface area contributed by atoms with Crippen molar-refractivity contribution in [2.45, 2.75) is 26.7 Å². The molecule has 1 aliphatic heterocycles. The molecular formula is C18H18O3. The molecule has 0 radical (unpaired) electrons. The lowest BCUT2D eigenvalue weighted by atomic mass is 10.0. The number of rotatable bonds is 2. The minimum Gasteiger partial charge on any atom is -0.492 e. The predicted molar refractivity (Wildman–Crippen MR) is 81.1 cm³/mol. The number of hydrogen-bond acceptors (Lipinski definition) is 3. The van der Waals surface area contributed by atoms with Gasteiger partial charge in [0.05, 0.1) is 6.61 Å². The highest BCUT2D eigenvalue weighted by atomic mass is 16.5. The van der Waals surface area contributed by atoms with E-state index >= 15 is 0 Å². The van der Waals surface area contributed by atoms with Crippen LogP contribution in [0.5, 0.6) is 11.5 Å². The van der Waals surface area contributed by atoms with Crippen LogP contribution in [0, 0.1) is 13.8 Å². The van der Waals surface area contributed by atoms with Gasteiger partial charge in [-0.3, -0.25) is 0 Å². The number of fused-ring (bicyclic) bond motifs is 1. The molecule has 0 spiro atoms. The van der Waals surface area contributed by atoms with Crippen LogP contribution in [-0.4, -0.2) is 12.6 Å². The van der Waals surface area contributed by atoms with E-state index < -0.39 is 0 Å². The maximum atomic E-state index is 12.4. The van der Waals surface area contributed by atoms with E-state index in [1.54, 1.807) is 6.07 Å². The van der Waals surface area contributed by atoms with Crippen LogP contribution < -0.4 is 9.47 Å². The molecule has 0 aromatic heterocycles. The predicted octanol–water partition coefficient (Wildman–Crippen LogP) is 3.85. The molecule has 1 aliphatic rings. The minimum atomic E-state index is -0.359. The molecule has 3 nitrogen and oxygen atoms in total. The summed E-state index contributed by atoms with van der Waals surface area (Å²) in [6, 6.07) is 11.4. The van der Waals surface area contributed by atoms with Gasteiger partial charge in [-0.25, -0.2) is 4.79 Å². The molecule has 0 saturated carbocycles. The summed E-state index contributed by atoms with van der Waals surface area (Å²) < 4.78 is 11.2. The fourth-order valence-electron chi connectivity index (χ4n) is 2.54. The van der Waals surface area contributed by atoms with E-state index in [4.69, 9.17) is 9.47 Å². The van der Waals surface area contributed by atoms with Crippen LogP contribution in [0.3, 0.4) is 0 Å². The van der Waals surface area contributed by atoms with Gasteiger partial charge in [0.15, 0.2) is 0 Å². The van der Waals surface area contributed by atoms with Crippen molar-refractivity contribution in [2.24, 2.45) is 0 Å². The third-order valence-electron chi connectivity index (χ3n) is 3.91. The number of benzene rings is 2. The Bertz CT molecular complexity index is 689. The van der Waals surface area contributed by atoms with Crippen molar-refractivity contribution in [1.82, 2.24) is 0 Å². The number of ether oxygens (including phenoxy) is 2. The summed E-state index contributed by atoms with van der Waals surface area (Å²) in [5.41, 5.74) is 3.67. The molecule has 0 aliphatic carbocycles. The molecule has 0 atom stereocenters. The van der Waals surface area contributed by atoms with Gasteiger partial charge in [0.1, 0.15) is 17.1 Å². The number of esters is 1. The molecule has 108 valence electrons. The summed E-state index contributed by atoms with van der Waals surface area (Å²) in [6.07, 6.45) is 1.93. The van der Waals surface area contributed by atoms with Gasteiger partial charge in [0, 0.05) is 0 Å². The Morgan fingerprint density at radius 2 is 1.95 bits per heavy atom. The van der Waals surface area contributed by atoms with Crippen LogP contribution in [-0.2, 0) is 6.42 Å². The van der Waals surface area contributed by atoms with Crippen LogP contribution in [0.25, 0.3) is 0 Å². The molecule has 0 bridgehead atoms. The summed E-state index contributed by atoms with van der Waals surface area (Å²) in [5.74, 6) is 0.926. The molecule has 3 heteroatoms. The summed E-state index contributed by atoms with van der Waals surface area (Å²) in [4.78, 5) is 12.4. The second-order valence-electron chi connectivity index (χ2n) is 5.33. The van der Waals surface area contributed by atoms with Gasteiger partial charge in [-0.05, 0) is 55.5 Å². The van der Waals surface area contributed by atoms with Crippen molar-refractivity contribution in [3.05, 3.63) is 58.7 Å². The van der Waals surface area contributed by atoms with Crippen LogP contribution in [0.4, 0.5) is 0 Å². The van der Waals surface area contributed by atoms with E-state index in [1.807, 2.05) is 44.2 Å².